The van der Waals surface area contributed by atoms with Gasteiger partial charge in [-0.3, -0.25) is 9.52 Å². The van der Waals surface area contributed by atoms with Gasteiger partial charge in [-0.1, -0.05) is 19.1 Å². The Labute approximate surface area is 123 Å². The topological polar surface area (TPSA) is 81.1 Å². The molecule has 0 radical (unpaired) electrons. The number of nitrogens with one attached hydrogen (secondary N) is 1. The molecule has 21 heavy (non-hydrogen) atoms. The minimum Gasteiger partial charge on any atom is -0.334 e. The zero-order chi connectivity index (χ0) is 15.5. The van der Waals surface area contributed by atoms with Gasteiger partial charge in [0.1, 0.15) is 12.1 Å². The summed E-state index contributed by atoms with van der Waals surface area (Å²) in [5, 5.41) is -0.0232. The summed E-state index contributed by atoms with van der Waals surface area (Å²) >= 11 is 0. The normalized spacial score (nSPS) is 11.3. The number of carbonyl (C=O) groups is 1. The third-order valence-corrected chi connectivity index (χ3v) is 4.22. The van der Waals surface area contributed by atoms with Crippen molar-refractivity contribution in [2.45, 2.75) is 31.8 Å². The van der Waals surface area contributed by atoms with Crippen LogP contribution in [0, 0.1) is 6.92 Å². The number of hydrogen-bond acceptors (Lipinski definition) is 4. The Morgan fingerprint density at radius 3 is 2.81 bits per heavy atom. The zero-order valence-electron chi connectivity index (χ0n) is 11.9. The third-order valence-electron chi connectivity index (χ3n) is 2.97. The van der Waals surface area contributed by atoms with E-state index >= 15 is 0 Å². The van der Waals surface area contributed by atoms with Gasteiger partial charge >= 0.3 is 0 Å². The lowest BCUT2D eigenvalue weighted by molar-refractivity contribution is 0.112. The van der Waals surface area contributed by atoms with E-state index in [-0.39, 0.29) is 5.03 Å². The fourth-order valence-electron chi connectivity index (χ4n) is 1.96. The molecule has 7 heteroatoms. The summed E-state index contributed by atoms with van der Waals surface area (Å²) in [7, 11) is -3.76. The van der Waals surface area contributed by atoms with Crippen LogP contribution >= 0.6 is 0 Å². The lowest BCUT2D eigenvalue weighted by Gasteiger charge is -2.05. The van der Waals surface area contributed by atoms with Gasteiger partial charge in [0.15, 0.2) is 5.03 Å². The third kappa shape index (κ3) is 3.49. The van der Waals surface area contributed by atoms with Gasteiger partial charge in [0.25, 0.3) is 10.0 Å². The summed E-state index contributed by atoms with van der Waals surface area (Å²) < 4.78 is 28.8. The van der Waals surface area contributed by atoms with Crippen LogP contribution < -0.4 is 4.72 Å². The maximum Gasteiger partial charge on any atom is 0.280 e. The van der Waals surface area contributed by atoms with Crippen molar-refractivity contribution in [3.05, 3.63) is 41.9 Å². The number of nitrogens with zero attached hydrogens (tertiary/aromatic N) is 2. The largest absolute Gasteiger partial charge is 0.334 e. The minimum absolute atomic E-state index is 0.0232. The number of aryl methyl sites for hydroxylation is 2. The van der Waals surface area contributed by atoms with E-state index in [2.05, 4.69) is 9.71 Å². The second-order valence-electron chi connectivity index (χ2n) is 4.67. The SMILES string of the molecule is CCCn1cc(S(=O)(=O)Nc2cccc(C=O)c2)nc1C. The molecule has 0 aliphatic carbocycles. The highest BCUT2D eigenvalue weighted by Gasteiger charge is 2.19. The first-order valence-electron chi connectivity index (χ1n) is 6.58. The maximum atomic E-state index is 12.3. The number of imidazole rings is 1. The van der Waals surface area contributed by atoms with Gasteiger partial charge in [-0.25, -0.2) is 4.98 Å². The monoisotopic (exact) mass is 307 g/mol. The summed E-state index contributed by atoms with van der Waals surface area (Å²) in [6.07, 6.45) is 3.08. The molecule has 1 aromatic carbocycles. The minimum atomic E-state index is -3.76. The van der Waals surface area contributed by atoms with Gasteiger partial charge in [-0.05, 0) is 25.5 Å². The average molecular weight is 307 g/mol. The molecule has 1 heterocycles. The van der Waals surface area contributed by atoms with Gasteiger partial charge in [0.05, 0.1) is 0 Å². The van der Waals surface area contributed by atoms with E-state index in [1.54, 1.807) is 29.7 Å². The Balaban J connectivity index is 2.29. The number of hydrogen-bond donors (Lipinski definition) is 1. The molecule has 1 aromatic heterocycles. The molecule has 0 saturated carbocycles. The molecular weight excluding hydrogens is 290 g/mol. The molecule has 0 spiro atoms. The standard InChI is InChI=1S/C14H17N3O3S/c1-3-7-17-9-14(15-11(17)2)21(19,20)16-13-6-4-5-12(8-13)10-18/h4-6,8-10,16H,3,7H2,1-2H3. The van der Waals surface area contributed by atoms with Gasteiger partial charge < -0.3 is 4.57 Å². The smallest absolute Gasteiger partial charge is 0.280 e. The van der Waals surface area contributed by atoms with Crippen LogP contribution in [-0.2, 0) is 16.6 Å². The van der Waals surface area contributed by atoms with E-state index < -0.39 is 10.0 Å². The summed E-state index contributed by atoms with van der Waals surface area (Å²) in [5.41, 5.74) is 0.741. The predicted octanol–water partition coefficient (Wildman–Crippen LogP) is 2.21. The van der Waals surface area contributed by atoms with Crippen molar-refractivity contribution in [1.82, 2.24) is 9.55 Å². The first-order valence-corrected chi connectivity index (χ1v) is 8.06. The molecule has 0 bridgehead atoms. The van der Waals surface area contributed by atoms with Crippen molar-refractivity contribution in [3.63, 3.8) is 0 Å². The molecule has 0 fully saturated rings. The van der Waals surface area contributed by atoms with Gasteiger partial charge in [0.2, 0.25) is 0 Å². The van der Waals surface area contributed by atoms with Crippen molar-refractivity contribution >= 4 is 22.0 Å². The van der Waals surface area contributed by atoms with Crippen LogP contribution in [0.5, 0.6) is 0 Å². The maximum absolute atomic E-state index is 12.3. The second kappa shape index (κ2) is 6.09. The molecular formula is C14H17N3O3S. The quantitative estimate of drug-likeness (QED) is 0.830. The van der Waals surface area contributed by atoms with E-state index in [0.717, 1.165) is 13.0 Å². The van der Waals surface area contributed by atoms with Crippen molar-refractivity contribution in [2.24, 2.45) is 0 Å². The first kappa shape index (κ1) is 15.2. The Morgan fingerprint density at radius 2 is 2.14 bits per heavy atom. The van der Waals surface area contributed by atoms with Gasteiger partial charge in [-0.2, -0.15) is 8.42 Å². The lowest BCUT2D eigenvalue weighted by atomic mass is 10.2. The summed E-state index contributed by atoms with van der Waals surface area (Å²) in [4.78, 5) is 14.8. The summed E-state index contributed by atoms with van der Waals surface area (Å²) in [6.45, 7) is 4.49. The Hall–Kier alpha value is -2.15. The van der Waals surface area contributed by atoms with E-state index in [1.165, 1.54) is 12.3 Å². The molecule has 112 valence electrons. The van der Waals surface area contributed by atoms with Crippen molar-refractivity contribution < 1.29 is 13.2 Å². The highest BCUT2D eigenvalue weighted by molar-refractivity contribution is 7.92. The van der Waals surface area contributed by atoms with E-state index in [9.17, 15) is 13.2 Å². The fourth-order valence-corrected chi connectivity index (χ4v) is 3.02. The molecule has 0 unspecified atom stereocenters. The molecule has 0 saturated heterocycles. The van der Waals surface area contributed by atoms with Crippen LogP contribution in [0.3, 0.4) is 0 Å². The zero-order valence-corrected chi connectivity index (χ0v) is 12.7. The predicted molar refractivity (Wildman–Crippen MR) is 79.9 cm³/mol. The molecule has 6 nitrogen and oxygen atoms in total. The Kier molecular flexibility index (Phi) is 4.42. The molecule has 1 N–H and O–H groups in total. The average Bonchev–Trinajstić information content (AvgIpc) is 2.81. The number of sulfonamides is 1. The van der Waals surface area contributed by atoms with Crippen LogP contribution in [0.2, 0.25) is 0 Å². The van der Waals surface area contributed by atoms with Crippen LogP contribution in [0.1, 0.15) is 29.5 Å². The number of aromatic nitrogens is 2. The number of anilines is 1. The van der Waals surface area contributed by atoms with Gasteiger partial charge in [0, 0.05) is 24.0 Å². The summed E-state index contributed by atoms with van der Waals surface area (Å²) in [5.74, 6) is 0.652. The lowest BCUT2D eigenvalue weighted by Crippen LogP contribution is -2.13. The van der Waals surface area contributed by atoms with E-state index in [0.29, 0.717) is 23.4 Å². The van der Waals surface area contributed by atoms with Crippen molar-refractivity contribution in [3.8, 4) is 0 Å². The fraction of sp³-hybridized carbons (Fsp3) is 0.286. The van der Waals surface area contributed by atoms with Crippen molar-refractivity contribution in [2.75, 3.05) is 4.72 Å². The number of aldehydes is 1. The first-order chi connectivity index (χ1) is 9.96. The molecule has 0 atom stereocenters. The Morgan fingerprint density at radius 1 is 1.38 bits per heavy atom. The molecule has 2 rings (SSSR count). The van der Waals surface area contributed by atoms with Crippen molar-refractivity contribution in [1.29, 1.82) is 0 Å². The van der Waals surface area contributed by atoms with Crippen LogP contribution in [0.25, 0.3) is 0 Å². The molecule has 0 aliphatic heterocycles. The highest BCUT2D eigenvalue weighted by atomic mass is 32.2. The van der Waals surface area contributed by atoms with E-state index in [4.69, 9.17) is 0 Å². The van der Waals surface area contributed by atoms with Crippen LogP contribution in [-0.4, -0.2) is 24.3 Å². The number of rotatable bonds is 6. The number of carbonyl (C=O) groups excluding carboxylic acids is 1. The Bertz CT molecular complexity index is 751. The molecule has 0 amide bonds. The highest BCUT2D eigenvalue weighted by Crippen LogP contribution is 2.16. The number of benzene rings is 1. The molecule has 2 aromatic rings. The van der Waals surface area contributed by atoms with Crippen LogP contribution in [0.15, 0.2) is 35.5 Å². The van der Waals surface area contributed by atoms with Crippen LogP contribution in [0.4, 0.5) is 5.69 Å². The van der Waals surface area contributed by atoms with Gasteiger partial charge in [-0.15, -0.1) is 0 Å². The second-order valence-corrected chi connectivity index (χ2v) is 6.30. The summed E-state index contributed by atoms with van der Waals surface area (Å²) in [6, 6.07) is 6.27. The molecule has 0 aliphatic rings. The van der Waals surface area contributed by atoms with E-state index in [1.807, 2.05) is 6.92 Å².